The summed E-state index contributed by atoms with van der Waals surface area (Å²) in [5.74, 6) is -0.110. The Bertz CT molecular complexity index is 1540. The molecule has 5 rings (SSSR count). The zero-order valence-electron chi connectivity index (χ0n) is 22.3. The normalized spacial score (nSPS) is 14.2. The molecule has 8 nitrogen and oxygen atoms in total. The van der Waals surface area contributed by atoms with E-state index >= 15 is 4.39 Å². The van der Waals surface area contributed by atoms with Crippen LogP contribution in [0.3, 0.4) is 0 Å². The minimum Gasteiger partial charge on any atom is -0.491 e. The Hall–Kier alpha value is -3.69. The molecule has 1 N–H and O–H groups in total. The van der Waals surface area contributed by atoms with Crippen molar-refractivity contribution in [1.29, 1.82) is 0 Å². The van der Waals surface area contributed by atoms with Gasteiger partial charge in [0.05, 0.1) is 29.4 Å². The van der Waals surface area contributed by atoms with Gasteiger partial charge >= 0.3 is 0 Å². The van der Waals surface area contributed by atoms with Gasteiger partial charge in [0.2, 0.25) is 5.91 Å². The van der Waals surface area contributed by atoms with E-state index < -0.39 is 5.82 Å². The number of rotatable bonds is 8. The van der Waals surface area contributed by atoms with Gasteiger partial charge in [-0.25, -0.2) is 4.39 Å². The largest absolute Gasteiger partial charge is 0.491 e. The van der Waals surface area contributed by atoms with Gasteiger partial charge in [-0.15, -0.1) is 0 Å². The molecule has 0 saturated carbocycles. The molecule has 0 spiro atoms. The van der Waals surface area contributed by atoms with Crippen LogP contribution in [0.15, 0.2) is 43.1 Å². The van der Waals surface area contributed by atoms with Crippen molar-refractivity contribution in [3.63, 3.8) is 0 Å². The van der Waals surface area contributed by atoms with Gasteiger partial charge in [0.25, 0.3) is 0 Å². The van der Waals surface area contributed by atoms with Crippen LogP contribution in [-0.4, -0.2) is 64.2 Å². The van der Waals surface area contributed by atoms with Crippen molar-refractivity contribution < 1.29 is 18.7 Å². The van der Waals surface area contributed by atoms with E-state index in [0.717, 1.165) is 46.1 Å². The van der Waals surface area contributed by atoms with E-state index in [1.165, 1.54) is 12.1 Å². The monoisotopic (exact) mass is 551 g/mol. The van der Waals surface area contributed by atoms with Gasteiger partial charge in [-0.2, -0.15) is 10.2 Å². The Kier molecular flexibility index (Phi) is 7.72. The zero-order valence-corrected chi connectivity index (χ0v) is 23.0. The molecule has 1 fully saturated rings. The SMILES string of the molecule is C=CC(=O)N1CCC(n2nc(-c3ccc(OCCOC)cc3F)c(-c3c(Cl)c(C)cc4[nH]ncc34)c2C)CC1. The second-order valence-corrected chi connectivity index (χ2v) is 10.1. The number of nitrogens with one attached hydrogen (secondary N) is 1. The van der Waals surface area contributed by atoms with Crippen molar-refractivity contribution in [3.8, 4) is 28.1 Å². The molecule has 0 radical (unpaired) electrons. The Labute approximate surface area is 231 Å². The number of carbonyl (C=O) groups excluding carboxylic acids is 1. The minimum absolute atomic E-state index is 0.0366. The number of amides is 1. The Morgan fingerprint density at radius 2 is 2.00 bits per heavy atom. The number of fused-ring (bicyclic) bond motifs is 1. The first kappa shape index (κ1) is 26.9. The summed E-state index contributed by atoms with van der Waals surface area (Å²) in [6, 6.07) is 6.78. The summed E-state index contributed by atoms with van der Waals surface area (Å²) in [5, 5.41) is 13.7. The lowest BCUT2D eigenvalue weighted by Gasteiger charge is -2.32. The highest BCUT2D eigenvalue weighted by molar-refractivity contribution is 6.36. The number of piperidine rings is 1. The van der Waals surface area contributed by atoms with Gasteiger partial charge in [0.15, 0.2) is 0 Å². The van der Waals surface area contributed by atoms with Crippen LogP contribution in [0.1, 0.15) is 30.1 Å². The van der Waals surface area contributed by atoms with Crippen LogP contribution in [0.5, 0.6) is 5.75 Å². The summed E-state index contributed by atoms with van der Waals surface area (Å²) in [4.78, 5) is 13.9. The molecule has 204 valence electrons. The van der Waals surface area contributed by atoms with E-state index in [2.05, 4.69) is 16.8 Å². The first-order valence-electron chi connectivity index (χ1n) is 12.9. The number of nitrogens with zero attached hydrogens (tertiary/aromatic N) is 4. The third kappa shape index (κ3) is 5.04. The van der Waals surface area contributed by atoms with Gasteiger partial charge in [-0.3, -0.25) is 14.6 Å². The van der Waals surface area contributed by atoms with Crippen LogP contribution in [0.4, 0.5) is 4.39 Å². The molecule has 2 aromatic heterocycles. The van der Waals surface area contributed by atoms with E-state index in [1.807, 2.05) is 24.6 Å². The summed E-state index contributed by atoms with van der Waals surface area (Å²) >= 11 is 6.94. The van der Waals surface area contributed by atoms with E-state index in [9.17, 15) is 4.79 Å². The highest BCUT2D eigenvalue weighted by atomic mass is 35.5. The fourth-order valence-electron chi connectivity index (χ4n) is 5.29. The van der Waals surface area contributed by atoms with Crippen molar-refractivity contribution in [2.24, 2.45) is 0 Å². The molecule has 4 aromatic rings. The smallest absolute Gasteiger partial charge is 0.245 e. The standard InChI is InChI=1S/C29H31ClFN5O3/c1-5-25(37)35-10-8-19(9-11-35)36-18(3)26(27-22-16-32-33-24(22)14-17(2)28(27)30)29(34-36)21-7-6-20(15-23(21)31)39-13-12-38-4/h5-7,14-16,19H,1,8-13H2,2-4H3,(H,32,33). The number of hydrogen-bond acceptors (Lipinski definition) is 5. The number of methoxy groups -OCH3 is 1. The summed E-state index contributed by atoms with van der Waals surface area (Å²) < 4.78 is 28.3. The number of ether oxygens (including phenoxy) is 2. The molecule has 10 heteroatoms. The molecule has 1 saturated heterocycles. The van der Waals surface area contributed by atoms with E-state index in [0.29, 0.717) is 48.3 Å². The van der Waals surface area contributed by atoms with Crippen LogP contribution < -0.4 is 4.74 Å². The van der Waals surface area contributed by atoms with Crippen LogP contribution in [0, 0.1) is 19.7 Å². The molecule has 1 aliphatic rings. The minimum atomic E-state index is -0.450. The molecular weight excluding hydrogens is 521 g/mol. The fraction of sp³-hybridized carbons (Fsp3) is 0.345. The van der Waals surface area contributed by atoms with Crippen LogP contribution in [0.2, 0.25) is 5.02 Å². The quantitative estimate of drug-likeness (QED) is 0.218. The van der Waals surface area contributed by atoms with Crippen molar-refractivity contribution >= 4 is 28.4 Å². The molecule has 1 amide bonds. The number of likely N-dealkylation sites (tertiary alicyclic amines) is 1. The van der Waals surface area contributed by atoms with Crippen molar-refractivity contribution in [1.82, 2.24) is 24.9 Å². The predicted molar refractivity (Wildman–Crippen MR) is 150 cm³/mol. The summed E-state index contributed by atoms with van der Waals surface area (Å²) in [6.07, 6.45) is 4.52. The van der Waals surface area contributed by atoms with E-state index in [1.54, 1.807) is 30.3 Å². The van der Waals surface area contributed by atoms with Gasteiger partial charge in [0.1, 0.15) is 23.9 Å². The first-order chi connectivity index (χ1) is 18.8. The third-order valence-corrected chi connectivity index (χ3v) is 7.80. The highest BCUT2D eigenvalue weighted by Crippen LogP contribution is 2.45. The van der Waals surface area contributed by atoms with Crippen molar-refractivity contribution in [3.05, 3.63) is 65.2 Å². The second-order valence-electron chi connectivity index (χ2n) is 9.71. The number of H-pyrrole nitrogens is 1. The molecule has 3 heterocycles. The van der Waals surface area contributed by atoms with E-state index in [-0.39, 0.29) is 11.9 Å². The van der Waals surface area contributed by atoms with Gasteiger partial charge in [0, 0.05) is 54.0 Å². The summed E-state index contributed by atoms with van der Waals surface area (Å²) in [5.41, 5.74) is 4.94. The molecule has 0 atom stereocenters. The average molecular weight is 552 g/mol. The number of carbonyl (C=O) groups is 1. The number of benzene rings is 2. The number of hydrogen-bond donors (Lipinski definition) is 1. The van der Waals surface area contributed by atoms with Crippen molar-refractivity contribution in [2.45, 2.75) is 32.7 Å². The maximum atomic E-state index is 15.7. The van der Waals surface area contributed by atoms with E-state index in [4.69, 9.17) is 26.2 Å². The lowest BCUT2D eigenvalue weighted by molar-refractivity contribution is -0.127. The second kappa shape index (κ2) is 11.2. The topological polar surface area (TPSA) is 85.3 Å². The molecule has 0 bridgehead atoms. The van der Waals surface area contributed by atoms with Gasteiger partial charge in [-0.1, -0.05) is 18.2 Å². The number of aryl methyl sites for hydroxylation is 1. The average Bonchev–Trinajstić information content (AvgIpc) is 3.53. The zero-order chi connectivity index (χ0) is 27.7. The maximum absolute atomic E-state index is 15.7. The van der Waals surface area contributed by atoms with Crippen LogP contribution in [0.25, 0.3) is 33.3 Å². The number of aromatic nitrogens is 4. The molecule has 1 aliphatic heterocycles. The van der Waals surface area contributed by atoms with Crippen LogP contribution >= 0.6 is 11.6 Å². The Balaban J connectivity index is 1.64. The number of halogens is 2. The molecule has 2 aromatic carbocycles. The molecular formula is C29H31ClFN5O3. The molecule has 0 unspecified atom stereocenters. The Morgan fingerprint density at radius 1 is 1.23 bits per heavy atom. The fourth-order valence-corrected chi connectivity index (χ4v) is 5.54. The predicted octanol–water partition coefficient (Wildman–Crippen LogP) is 5.88. The summed E-state index contributed by atoms with van der Waals surface area (Å²) in [7, 11) is 1.59. The molecule has 39 heavy (non-hydrogen) atoms. The lowest BCUT2D eigenvalue weighted by Crippen LogP contribution is -2.38. The lowest BCUT2D eigenvalue weighted by atomic mass is 9.94. The van der Waals surface area contributed by atoms with Gasteiger partial charge in [-0.05, 0) is 56.5 Å². The third-order valence-electron chi connectivity index (χ3n) is 7.31. The van der Waals surface area contributed by atoms with Crippen LogP contribution in [-0.2, 0) is 9.53 Å². The maximum Gasteiger partial charge on any atom is 0.245 e. The Morgan fingerprint density at radius 3 is 2.69 bits per heavy atom. The molecule has 0 aliphatic carbocycles. The van der Waals surface area contributed by atoms with Gasteiger partial charge < -0.3 is 14.4 Å². The first-order valence-corrected chi connectivity index (χ1v) is 13.3. The number of aromatic amines is 1. The van der Waals surface area contributed by atoms with Crippen molar-refractivity contribution in [2.75, 3.05) is 33.4 Å². The summed E-state index contributed by atoms with van der Waals surface area (Å²) in [6.45, 7) is 9.43. The highest BCUT2D eigenvalue weighted by Gasteiger charge is 2.30.